The lowest BCUT2D eigenvalue weighted by molar-refractivity contribution is 0.558. The highest BCUT2D eigenvalue weighted by Gasteiger charge is 2.41. The second kappa shape index (κ2) is 3.71. The third-order valence-corrected chi connectivity index (χ3v) is 4.99. The third kappa shape index (κ3) is 2.45. The van der Waals surface area contributed by atoms with Gasteiger partial charge in [0.25, 0.3) is 0 Å². The summed E-state index contributed by atoms with van der Waals surface area (Å²) in [5.74, 6) is 0. The van der Waals surface area contributed by atoms with Gasteiger partial charge in [-0.2, -0.15) is 0 Å². The molecule has 0 aliphatic heterocycles. The van der Waals surface area contributed by atoms with Gasteiger partial charge in [-0.3, -0.25) is 0 Å². The number of nitrogens with one attached hydrogen (secondary N) is 1. The molecule has 0 saturated heterocycles. The number of nitrogen functional groups attached to an aromatic ring is 1. The Bertz CT molecular complexity index is 560. The van der Waals surface area contributed by atoms with Gasteiger partial charge in [0.1, 0.15) is 4.90 Å². The zero-order valence-corrected chi connectivity index (χ0v) is 11.2. The Morgan fingerprint density at radius 3 is 2.29 bits per heavy atom. The summed E-state index contributed by atoms with van der Waals surface area (Å²) in [5.41, 5.74) is 7.76. The fourth-order valence-electron chi connectivity index (χ4n) is 1.71. The van der Waals surface area contributed by atoms with Crippen molar-refractivity contribution in [1.82, 2.24) is 4.72 Å². The predicted molar refractivity (Wildman–Crippen MR) is 68.3 cm³/mol. The number of sulfonamides is 1. The molecular formula is C12H18N2O2S. The highest BCUT2D eigenvalue weighted by atomic mass is 32.2. The van der Waals surface area contributed by atoms with Crippen LogP contribution in [0.4, 0.5) is 5.69 Å². The molecule has 1 aromatic rings. The van der Waals surface area contributed by atoms with Crippen molar-refractivity contribution in [2.45, 2.75) is 44.0 Å². The van der Waals surface area contributed by atoms with E-state index >= 15 is 0 Å². The molecule has 1 aromatic carbocycles. The molecule has 5 heteroatoms. The van der Waals surface area contributed by atoms with Gasteiger partial charge >= 0.3 is 0 Å². The molecule has 0 amide bonds. The summed E-state index contributed by atoms with van der Waals surface area (Å²) >= 11 is 0. The van der Waals surface area contributed by atoms with E-state index in [4.69, 9.17) is 5.73 Å². The Labute approximate surface area is 102 Å². The first-order valence-electron chi connectivity index (χ1n) is 5.64. The first-order chi connectivity index (χ1) is 7.73. The molecule has 1 fully saturated rings. The normalized spacial score (nSPS) is 18.1. The number of hydrogen-bond acceptors (Lipinski definition) is 3. The minimum absolute atomic E-state index is 0.189. The van der Waals surface area contributed by atoms with Crippen LogP contribution in [0, 0.1) is 13.8 Å². The lowest BCUT2D eigenvalue weighted by atomic mass is 10.1. The maximum absolute atomic E-state index is 12.2. The number of aryl methyl sites for hydroxylation is 2. The number of rotatable bonds is 3. The molecule has 0 heterocycles. The van der Waals surface area contributed by atoms with Crippen LogP contribution in [0.25, 0.3) is 0 Å². The molecule has 0 atom stereocenters. The maximum Gasteiger partial charge on any atom is 0.243 e. The minimum Gasteiger partial charge on any atom is -0.398 e. The number of anilines is 1. The molecule has 3 N–H and O–H groups in total. The number of hydrogen-bond donors (Lipinski definition) is 2. The van der Waals surface area contributed by atoms with Crippen LogP contribution in [0.1, 0.15) is 30.9 Å². The van der Waals surface area contributed by atoms with E-state index in [2.05, 4.69) is 4.72 Å². The Balaban J connectivity index is 2.42. The van der Waals surface area contributed by atoms with Gasteiger partial charge in [0, 0.05) is 5.54 Å². The average molecular weight is 254 g/mol. The molecule has 1 aliphatic carbocycles. The first-order valence-corrected chi connectivity index (χ1v) is 7.13. The molecule has 94 valence electrons. The van der Waals surface area contributed by atoms with E-state index in [1.807, 2.05) is 20.8 Å². The number of benzene rings is 1. The van der Waals surface area contributed by atoms with Crippen LogP contribution in [0.5, 0.6) is 0 Å². The standard InChI is InChI=1S/C12H18N2O2S/c1-8-6-10(13)11(7-9(8)2)17(15,16)14-12(3)4-5-12/h6-7,14H,4-5,13H2,1-3H3. The van der Waals surface area contributed by atoms with Gasteiger partial charge in [0.2, 0.25) is 10.0 Å². The molecular weight excluding hydrogens is 236 g/mol. The molecule has 17 heavy (non-hydrogen) atoms. The van der Waals surface area contributed by atoms with Crippen molar-refractivity contribution in [1.29, 1.82) is 0 Å². The molecule has 1 aliphatic rings. The largest absolute Gasteiger partial charge is 0.398 e. The summed E-state index contributed by atoms with van der Waals surface area (Å²) in [6.45, 7) is 5.70. The van der Waals surface area contributed by atoms with E-state index in [1.54, 1.807) is 12.1 Å². The van der Waals surface area contributed by atoms with Crippen LogP contribution in [-0.4, -0.2) is 14.0 Å². The van der Waals surface area contributed by atoms with Gasteiger partial charge in [-0.1, -0.05) is 0 Å². The lowest BCUT2D eigenvalue weighted by Crippen LogP contribution is -2.34. The minimum atomic E-state index is -3.50. The highest BCUT2D eigenvalue weighted by molar-refractivity contribution is 7.89. The van der Waals surface area contributed by atoms with Gasteiger partial charge < -0.3 is 5.73 Å². The summed E-state index contributed by atoms with van der Waals surface area (Å²) < 4.78 is 27.1. The lowest BCUT2D eigenvalue weighted by Gasteiger charge is -2.15. The predicted octanol–water partition coefficient (Wildman–Crippen LogP) is 1.72. The van der Waals surface area contributed by atoms with Crippen molar-refractivity contribution in [2.24, 2.45) is 0 Å². The Hall–Kier alpha value is -1.07. The SMILES string of the molecule is Cc1cc(N)c(S(=O)(=O)NC2(C)CC2)cc1C. The van der Waals surface area contributed by atoms with Crippen LogP contribution in [0.15, 0.2) is 17.0 Å². The topological polar surface area (TPSA) is 72.2 Å². The van der Waals surface area contributed by atoms with Gasteiger partial charge in [-0.15, -0.1) is 0 Å². The third-order valence-electron chi connectivity index (χ3n) is 3.30. The van der Waals surface area contributed by atoms with Gasteiger partial charge in [-0.05, 0) is 56.9 Å². The smallest absolute Gasteiger partial charge is 0.243 e. The van der Waals surface area contributed by atoms with E-state index in [0.29, 0.717) is 5.69 Å². The quantitative estimate of drug-likeness (QED) is 0.807. The summed E-state index contributed by atoms with van der Waals surface area (Å²) in [5, 5.41) is 0. The fraction of sp³-hybridized carbons (Fsp3) is 0.500. The van der Waals surface area contributed by atoms with Crippen LogP contribution < -0.4 is 10.5 Å². The van der Waals surface area contributed by atoms with Gasteiger partial charge in [0.05, 0.1) is 5.69 Å². The van der Waals surface area contributed by atoms with Crippen molar-refractivity contribution in [2.75, 3.05) is 5.73 Å². The molecule has 0 bridgehead atoms. The van der Waals surface area contributed by atoms with Crippen molar-refractivity contribution in [3.05, 3.63) is 23.3 Å². The molecule has 0 aromatic heterocycles. The zero-order chi connectivity index (χ0) is 12.8. The van der Waals surface area contributed by atoms with Crippen LogP contribution >= 0.6 is 0 Å². The Morgan fingerprint density at radius 1 is 1.24 bits per heavy atom. The highest BCUT2D eigenvalue weighted by Crippen LogP contribution is 2.36. The maximum atomic E-state index is 12.2. The Kier molecular flexibility index (Phi) is 2.71. The molecule has 2 rings (SSSR count). The average Bonchev–Trinajstić information content (AvgIpc) is 2.88. The molecule has 0 unspecified atom stereocenters. The second-order valence-electron chi connectivity index (χ2n) is 5.14. The van der Waals surface area contributed by atoms with E-state index in [9.17, 15) is 8.42 Å². The van der Waals surface area contributed by atoms with E-state index < -0.39 is 10.0 Å². The first kappa shape index (κ1) is 12.4. The van der Waals surface area contributed by atoms with E-state index in [0.717, 1.165) is 24.0 Å². The van der Waals surface area contributed by atoms with Gasteiger partial charge in [0.15, 0.2) is 0 Å². The molecule has 1 saturated carbocycles. The summed E-state index contributed by atoms with van der Waals surface area (Å²) in [4.78, 5) is 0.189. The van der Waals surface area contributed by atoms with Crippen molar-refractivity contribution in [3.8, 4) is 0 Å². The zero-order valence-electron chi connectivity index (χ0n) is 10.4. The van der Waals surface area contributed by atoms with E-state index in [1.165, 1.54) is 0 Å². The van der Waals surface area contributed by atoms with Crippen LogP contribution in [-0.2, 0) is 10.0 Å². The van der Waals surface area contributed by atoms with Crippen molar-refractivity contribution in [3.63, 3.8) is 0 Å². The van der Waals surface area contributed by atoms with Crippen molar-refractivity contribution < 1.29 is 8.42 Å². The monoisotopic (exact) mass is 254 g/mol. The Morgan fingerprint density at radius 2 is 1.76 bits per heavy atom. The fourth-order valence-corrected chi connectivity index (χ4v) is 3.38. The van der Waals surface area contributed by atoms with E-state index in [-0.39, 0.29) is 10.4 Å². The summed E-state index contributed by atoms with van der Waals surface area (Å²) in [6, 6.07) is 3.35. The van der Waals surface area contributed by atoms with Gasteiger partial charge in [-0.25, -0.2) is 13.1 Å². The molecule has 0 radical (unpaired) electrons. The second-order valence-corrected chi connectivity index (χ2v) is 6.79. The van der Waals surface area contributed by atoms with Crippen LogP contribution in [0.3, 0.4) is 0 Å². The number of nitrogens with two attached hydrogens (primary N) is 1. The molecule has 4 nitrogen and oxygen atoms in total. The van der Waals surface area contributed by atoms with Crippen LogP contribution in [0.2, 0.25) is 0 Å². The van der Waals surface area contributed by atoms with Crippen molar-refractivity contribution >= 4 is 15.7 Å². The molecule has 0 spiro atoms. The summed E-state index contributed by atoms with van der Waals surface area (Å²) in [6.07, 6.45) is 1.77. The summed E-state index contributed by atoms with van der Waals surface area (Å²) in [7, 11) is -3.50.